The molecule has 3 rings (SSSR count). The monoisotopic (exact) mass is 450 g/mol. The normalized spacial score (nSPS) is 11.4. The number of aryl methyl sites for hydroxylation is 1. The molecule has 3 aromatic rings. The van der Waals surface area contributed by atoms with Gasteiger partial charge in [-0.2, -0.15) is 0 Å². The molecule has 1 atom stereocenters. The first-order chi connectivity index (χ1) is 15.4. The quantitative estimate of drug-likeness (QED) is 0.451. The van der Waals surface area contributed by atoms with Crippen LogP contribution in [0.2, 0.25) is 0 Å². The maximum absolute atomic E-state index is 12.8. The van der Waals surface area contributed by atoms with E-state index in [9.17, 15) is 9.59 Å². The van der Waals surface area contributed by atoms with Crippen LogP contribution in [0.25, 0.3) is 0 Å². The molecule has 32 heavy (non-hydrogen) atoms. The molecule has 7 heteroatoms. The first-order valence-electron chi connectivity index (χ1n) is 10.1. The number of nitrogens with one attached hydrogen (secondary N) is 2. The van der Waals surface area contributed by atoms with Crippen LogP contribution in [0.3, 0.4) is 0 Å². The standard InChI is InChI=1S/C25H26N2O4S/c1-16-8-5-6-11-21(16)25(29)26-18-9-7-10-20(14-18)32-17(2)24(28)27-22-15-19(30-3)12-13-23(22)31-4/h5-15,17H,1-4H3,(H,26,29)(H,27,28). The highest BCUT2D eigenvalue weighted by molar-refractivity contribution is 8.00. The van der Waals surface area contributed by atoms with Crippen molar-refractivity contribution in [2.45, 2.75) is 24.0 Å². The SMILES string of the molecule is COc1ccc(OC)c(NC(=O)C(C)Sc2cccc(NC(=O)c3ccccc3C)c2)c1. The average Bonchev–Trinajstić information content (AvgIpc) is 2.79. The molecule has 0 aliphatic rings. The summed E-state index contributed by atoms with van der Waals surface area (Å²) in [7, 11) is 3.11. The van der Waals surface area contributed by atoms with Gasteiger partial charge >= 0.3 is 0 Å². The molecule has 0 fully saturated rings. The molecule has 0 bridgehead atoms. The Morgan fingerprint density at radius 3 is 2.41 bits per heavy atom. The summed E-state index contributed by atoms with van der Waals surface area (Å²) >= 11 is 1.40. The summed E-state index contributed by atoms with van der Waals surface area (Å²) < 4.78 is 10.6. The zero-order valence-electron chi connectivity index (χ0n) is 18.5. The number of carbonyl (C=O) groups is 2. The number of benzene rings is 3. The first kappa shape index (κ1) is 23.2. The molecule has 2 amide bonds. The zero-order valence-corrected chi connectivity index (χ0v) is 19.3. The van der Waals surface area contributed by atoms with Crippen molar-refractivity contribution in [1.29, 1.82) is 0 Å². The van der Waals surface area contributed by atoms with Gasteiger partial charge in [-0.05, 0) is 55.8 Å². The van der Waals surface area contributed by atoms with E-state index in [4.69, 9.17) is 9.47 Å². The minimum Gasteiger partial charge on any atom is -0.497 e. The van der Waals surface area contributed by atoms with Gasteiger partial charge in [0, 0.05) is 22.2 Å². The van der Waals surface area contributed by atoms with Crippen molar-refractivity contribution >= 4 is 35.0 Å². The fraction of sp³-hybridized carbons (Fsp3) is 0.200. The van der Waals surface area contributed by atoms with Crippen molar-refractivity contribution < 1.29 is 19.1 Å². The summed E-state index contributed by atoms with van der Waals surface area (Å²) in [5.41, 5.74) is 2.76. The van der Waals surface area contributed by atoms with Crippen LogP contribution in [0.4, 0.5) is 11.4 Å². The van der Waals surface area contributed by atoms with Crippen molar-refractivity contribution in [2.75, 3.05) is 24.9 Å². The van der Waals surface area contributed by atoms with E-state index in [2.05, 4.69) is 10.6 Å². The number of carbonyl (C=O) groups excluding carboxylic acids is 2. The van der Waals surface area contributed by atoms with E-state index in [0.717, 1.165) is 10.5 Å². The van der Waals surface area contributed by atoms with Crippen LogP contribution in [-0.4, -0.2) is 31.3 Å². The maximum Gasteiger partial charge on any atom is 0.255 e. The molecular formula is C25H26N2O4S. The van der Waals surface area contributed by atoms with Crippen LogP contribution in [0.5, 0.6) is 11.5 Å². The van der Waals surface area contributed by atoms with E-state index in [1.807, 2.05) is 56.3 Å². The minimum absolute atomic E-state index is 0.166. The van der Waals surface area contributed by atoms with Crippen LogP contribution in [-0.2, 0) is 4.79 Å². The molecule has 0 aromatic heterocycles. The van der Waals surface area contributed by atoms with Crippen molar-refractivity contribution in [3.63, 3.8) is 0 Å². The van der Waals surface area contributed by atoms with Crippen LogP contribution >= 0.6 is 11.8 Å². The average molecular weight is 451 g/mol. The summed E-state index contributed by atoms with van der Waals surface area (Å²) in [5, 5.41) is 5.44. The van der Waals surface area contributed by atoms with E-state index >= 15 is 0 Å². The summed E-state index contributed by atoms with van der Waals surface area (Å²) in [4.78, 5) is 26.2. The highest BCUT2D eigenvalue weighted by Crippen LogP contribution is 2.31. The lowest BCUT2D eigenvalue weighted by molar-refractivity contribution is -0.115. The first-order valence-corrected chi connectivity index (χ1v) is 11.0. The lowest BCUT2D eigenvalue weighted by atomic mass is 10.1. The number of rotatable bonds is 8. The van der Waals surface area contributed by atoms with Gasteiger partial charge in [0.15, 0.2) is 0 Å². The molecule has 166 valence electrons. The molecule has 3 aromatic carbocycles. The Hall–Kier alpha value is -3.45. The second-order valence-corrected chi connectivity index (χ2v) is 8.53. The predicted molar refractivity (Wildman–Crippen MR) is 129 cm³/mol. The highest BCUT2D eigenvalue weighted by Gasteiger charge is 2.17. The molecule has 0 aliphatic carbocycles. The number of anilines is 2. The fourth-order valence-electron chi connectivity index (χ4n) is 3.08. The number of amides is 2. The molecule has 0 aliphatic heterocycles. The van der Waals surface area contributed by atoms with Gasteiger partial charge in [-0.25, -0.2) is 0 Å². The van der Waals surface area contributed by atoms with E-state index in [1.165, 1.54) is 11.8 Å². The lowest BCUT2D eigenvalue weighted by Gasteiger charge is -2.15. The van der Waals surface area contributed by atoms with Gasteiger partial charge < -0.3 is 20.1 Å². The third kappa shape index (κ3) is 5.82. The predicted octanol–water partition coefficient (Wildman–Crippen LogP) is 5.38. The van der Waals surface area contributed by atoms with Gasteiger partial charge in [0.1, 0.15) is 11.5 Å². The van der Waals surface area contributed by atoms with Gasteiger partial charge in [-0.3, -0.25) is 9.59 Å². The Balaban J connectivity index is 1.67. The summed E-state index contributed by atoms with van der Waals surface area (Å²) in [5.74, 6) is 0.841. The molecule has 1 unspecified atom stereocenters. The Bertz CT molecular complexity index is 1120. The van der Waals surface area contributed by atoms with E-state index in [0.29, 0.717) is 28.4 Å². The molecule has 0 saturated carbocycles. The Kier molecular flexibility index (Phi) is 7.78. The fourth-order valence-corrected chi connectivity index (χ4v) is 4.00. The lowest BCUT2D eigenvalue weighted by Crippen LogP contribution is -2.22. The van der Waals surface area contributed by atoms with E-state index in [-0.39, 0.29) is 17.1 Å². The Morgan fingerprint density at radius 1 is 0.906 bits per heavy atom. The van der Waals surface area contributed by atoms with Gasteiger partial charge in [-0.15, -0.1) is 11.8 Å². The zero-order chi connectivity index (χ0) is 23.1. The third-order valence-corrected chi connectivity index (χ3v) is 5.92. The number of methoxy groups -OCH3 is 2. The van der Waals surface area contributed by atoms with Crippen LogP contribution in [0, 0.1) is 6.92 Å². The van der Waals surface area contributed by atoms with Crippen LogP contribution < -0.4 is 20.1 Å². The van der Waals surface area contributed by atoms with Crippen LogP contribution in [0.1, 0.15) is 22.8 Å². The van der Waals surface area contributed by atoms with Gasteiger partial charge in [0.2, 0.25) is 5.91 Å². The highest BCUT2D eigenvalue weighted by atomic mass is 32.2. The number of hydrogen-bond acceptors (Lipinski definition) is 5. The number of thioether (sulfide) groups is 1. The largest absolute Gasteiger partial charge is 0.497 e. The summed E-state index contributed by atoms with van der Waals surface area (Å²) in [6.07, 6.45) is 0. The Morgan fingerprint density at radius 2 is 1.69 bits per heavy atom. The van der Waals surface area contributed by atoms with Crippen LogP contribution in [0.15, 0.2) is 71.6 Å². The van der Waals surface area contributed by atoms with E-state index < -0.39 is 0 Å². The Labute approximate surface area is 192 Å². The topological polar surface area (TPSA) is 76.7 Å². The molecular weight excluding hydrogens is 424 g/mol. The van der Waals surface area contributed by atoms with Crippen molar-refractivity contribution in [2.24, 2.45) is 0 Å². The summed E-state index contributed by atoms with van der Waals surface area (Å²) in [6.45, 7) is 3.73. The number of hydrogen-bond donors (Lipinski definition) is 2. The van der Waals surface area contributed by atoms with Gasteiger partial charge in [-0.1, -0.05) is 24.3 Å². The molecule has 2 N–H and O–H groups in total. The molecule has 6 nitrogen and oxygen atoms in total. The smallest absolute Gasteiger partial charge is 0.255 e. The van der Waals surface area contributed by atoms with Crippen molar-refractivity contribution in [3.8, 4) is 11.5 Å². The maximum atomic E-state index is 12.8. The van der Waals surface area contributed by atoms with Gasteiger partial charge in [0.05, 0.1) is 25.2 Å². The molecule has 0 saturated heterocycles. The summed E-state index contributed by atoms with van der Waals surface area (Å²) in [6, 6.07) is 20.1. The second kappa shape index (κ2) is 10.7. The molecule has 0 heterocycles. The molecule has 0 radical (unpaired) electrons. The van der Waals surface area contributed by atoms with E-state index in [1.54, 1.807) is 38.5 Å². The van der Waals surface area contributed by atoms with Crippen molar-refractivity contribution in [3.05, 3.63) is 77.9 Å². The molecule has 0 spiro atoms. The van der Waals surface area contributed by atoms with Gasteiger partial charge in [0.25, 0.3) is 5.91 Å². The van der Waals surface area contributed by atoms with Crippen molar-refractivity contribution in [1.82, 2.24) is 0 Å². The second-order valence-electron chi connectivity index (χ2n) is 7.11. The minimum atomic E-state index is -0.381. The number of ether oxygens (including phenoxy) is 2. The third-order valence-electron chi connectivity index (χ3n) is 4.83.